The van der Waals surface area contributed by atoms with Gasteiger partial charge in [0.05, 0.1) is 35.1 Å². The quantitative estimate of drug-likeness (QED) is 0.175. The summed E-state index contributed by atoms with van der Waals surface area (Å²) < 4.78 is 32.4. The average molecular weight is 635 g/mol. The molecule has 7 nitrogen and oxygen atoms in total. The smallest absolute Gasteiger partial charge is 0.338 e. The van der Waals surface area contributed by atoms with Crippen molar-refractivity contribution < 1.29 is 23.4 Å². The summed E-state index contributed by atoms with van der Waals surface area (Å²) in [5.74, 6) is 0.450. The Morgan fingerprint density at radius 1 is 0.891 bits per heavy atom. The van der Waals surface area contributed by atoms with Crippen molar-refractivity contribution in [2.24, 2.45) is 4.99 Å². The molecular formula is C37H31FN2O5S. The molecule has 9 heteroatoms. The van der Waals surface area contributed by atoms with Crippen molar-refractivity contribution in [3.63, 3.8) is 0 Å². The predicted octanol–water partition coefficient (Wildman–Crippen LogP) is 6.05. The Hall–Kier alpha value is -5.28. The lowest BCUT2D eigenvalue weighted by Gasteiger charge is -2.26. The van der Waals surface area contributed by atoms with E-state index in [2.05, 4.69) is 0 Å². The third-order valence-electron chi connectivity index (χ3n) is 7.36. The maximum absolute atomic E-state index is 14.2. The summed E-state index contributed by atoms with van der Waals surface area (Å²) in [6.07, 6.45) is 1.79. The Morgan fingerprint density at radius 2 is 1.65 bits per heavy atom. The highest BCUT2D eigenvalue weighted by Gasteiger charge is 2.35. The number of esters is 1. The number of fused-ring (bicyclic) bond motifs is 1. The van der Waals surface area contributed by atoms with Gasteiger partial charge in [0.25, 0.3) is 5.56 Å². The van der Waals surface area contributed by atoms with Crippen LogP contribution in [0.5, 0.6) is 11.5 Å². The highest BCUT2D eigenvalue weighted by molar-refractivity contribution is 7.07. The Labute approximate surface area is 269 Å². The van der Waals surface area contributed by atoms with Crippen LogP contribution in [0.1, 0.15) is 42.1 Å². The number of hydrogen-bond donors (Lipinski definition) is 0. The first-order valence-corrected chi connectivity index (χ1v) is 15.8. The number of halogens is 1. The maximum atomic E-state index is 14.2. The fraction of sp³-hybridized carbons (Fsp3) is 0.162. The van der Waals surface area contributed by atoms with Gasteiger partial charge in [-0.15, -0.1) is 0 Å². The molecule has 0 saturated heterocycles. The summed E-state index contributed by atoms with van der Waals surface area (Å²) in [6, 6.07) is 29.6. The van der Waals surface area contributed by atoms with Crippen molar-refractivity contribution in [1.82, 2.24) is 4.57 Å². The Morgan fingerprint density at radius 3 is 2.37 bits per heavy atom. The van der Waals surface area contributed by atoms with E-state index in [1.54, 1.807) is 29.7 Å². The summed E-state index contributed by atoms with van der Waals surface area (Å²) in [5, 5.41) is 0. The van der Waals surface area contributed by atoms with Crippen LogP contribution >= 0.6 is 11.3 Å². The molecular weight excluding hydrogens is 603 g/mol. The van der Waals surface area contributed by atoms with Crippen LogP contribution in [0, 0.1) is 5.82 Å². The summed E-state index contributed by atoms with van der Waals surface area (Å²) in [4.78, 5) is 33.2. The Kier molecular flexibility index (Phi) is 9.21. The van der Waals surface area contributed by atoms with E-state index < -0.39 is 12.0 Å². The van der Waals surface area contributed by atoms with Gasteiger partial charge < -0.3 is 14.2 Å². The molecule has 0 N–H and O–H groups in total. The van der Waals surface area contributed by atoms with Crippen molar-refractivity contribution in [2.45, 2.75) is 26.5 Å². The molecule has 0 fully saturated rings. The lowest BCUT2D eigenvalue weighted by molar-refractivity contribution is -0.138. The fourth-order valence-corrected chi connectivity index (χ4v) is 6.26. The normalized spacial score (nSPS) is 14.4. The fourth-order valence-electron chi connectivity index (χ4n) is 5.26. The number of carbonyl (C=O) groups is 1. The summed E-state index contributed by atoms with van der Waals surface area (Å²) in [5.41, 5.74) is 3.51. The molecule has 6 rings (SSSR count). The highest BCUT2D eigenvalue weighted by atomic mass is 32.1. The van der Waals surface area contributed by atoms with Gasteiger partial charge in [-0.05, 0) is 73.0 Å². The van der Waals surface area contributed by atoms with E-state index >= 15 is 0 Å². The van der Waals surface area contributed by atoms with E-state index in [-0.39, 0.29) is 30.2 Å². The van der Waals surface area contributed by atoms with Gasteiger partial charge in [-0.1, -0.05) is 78.1 Å². The molecule has 1 aliphatic heterocycles. The molecule has 0 unspecified atom stereocenters. The second-order valence-electron chi connectivity index (χ2n) is 10.4. The second kappa shape index (κ2) is 13.8. The van der Waals surface area contributed by atoms with Crippen molar-refractivity contribution in [2.75, 3.05) is 13.2 Å². The van der Waals surface area contributed by atoms with Crippen LogP contribution in [-0.2, 0) is 16.1 Å². The van der Waals surface area contributed by atoms with Gasteiger partial charge in [0, 0.05) is 5.56 Å². The first kappa shape index (κ1) is 30.7. The minimum Gasteiger partial charge on any atom is -0.494 e. The van der Waals surface area contributed by atoms with Crippen LogP contribution in [0.4, 0.5) is 4.39 Å². The Balaban J connectivity index is 1.46. The molecule has 1 aromatic heterocycles. The number of benzene rings is 4. The molecule has 0 saturated carbocycles. The lowest BCUT2D eigenvalue weighted by Crippen LogP contribution is -2.40. The zero-order valence-electron chi connectivity index (χ0n) is 25.3. The lowest BCUT2D eigenvalue weighted by atomic mass is 9.93. The van der Waals surface area contributed by atoms with E-state index in [4.69, 9.17) is 19.2 Å². The summed E-state index contributed by atoms with van der Waals surface area (Å²) >= 11 is 1.25. The van der Waals surface area contributed by atoms with Crippen LogP contribution in [-0.4, -0.2) is 23.8 Å². The van der Waals surface area contributed by atoms with Crippen molar-refractivity contribution >= 4 is 29.1 Å². The number of nitrogens with zero attached hydrogens (tertiary/aromatic N) is 2. The maximum Gasteiger partial charge on any atom is 0.338 e. The van der Waals surface area contributed by atoms with E-state index in [9.17, 15) is 14.0 Å². The third kappa shape index (κ3) is 6.55. The van der Waals surface area contributed by atoms with E-state index in [0.29, 0.717) is 33.1 Å². The van der Waals surface area contributed by atoms with Crippen LogP contribution in [0.2, 0.25) is 0 Å². The largest absolute Gasteiger partial charge is 0.494 e. The highest BCUT2D eigenvalue weighted by Crippen LogP contribution is 2.35. The molecule has 0 radical (unpaired) electrons. The predicted molar refractivity (Wildman–Crippen MR) is 176 cm³/mol. The molecule has 0 spiro atoms. The van der Waals surface area contributed by atoms with Gasteiger partial charge in [0.2, 0.25) is 0 Å². The molecule has 0 aliphatic carbocycles. The molecule has 2 heterocycles. The third-order valence-corrected chi connectivity index (χ3v) is 8.34. The zero-order chi connectivity index (χ0) is 32.0. The standard InChI is InChI=1S/C37H31FN2O5S/c1-3-43-29-19-15-27(16-20-29)34-32(36(42)44-4-2)33(26-10-6-5-7-11-26)39-37-40(34)35(41)31(46-37)22-25-9-8-12-30(21-25)45-23-24-13-17-28(38)18-14-24/h5-22,34H,3-4,23H2,1-2H3/b31-22-/t34-/m1/s1. The van der Waals surface area contributed by atoms with Crippen LogP contribution in [0.15, 0.2) is 118 Å². The first-order chi connectivity index (χ1) is 22.4. The second-order valence-corrected chi connectivity index (χ2v) is 11.4. The summed E-state index contributed by atoms with van der Waals surface area (Å²) in [7, 11) is 0. The van der Waals surface area contributed by atoms with E-state index in [0.717, 1.165) is 22.3 Å². The number of ether oxygens (including phenoxy) is 3. The SMILES string of the molecule is CCOC(=O)C1=C(c2ccccc2)N=c2s/c(=C\c3cccc(OCc4ccc(F)cc4)c3)c(=O)n2[C@@H]1c1ccc(OCC)cc1. The minimum absolute atomic E-state index is 0.171. The number of carbonyl (C=O) groups excluding carboxylic acids is 1. The number of rotatable bonds is 10. The van der Waals surface area contributed by atoms with Crippen LogP contribution in [0.3, 0.4) is 0 Å². The Bertz CT molecular complexity index is 2070. The van der Waals surface area contributed by atoms with Crippen molar-refractivity contribution in [1.29, 1.82) is 0 Å². The zero-order valence-corrected chi connectivity index (χ0v) is 26.1. The van der Waals surface area contributed by atoms with Gasteiger partial charge in [0.1, 0.15) is 23.9 Å². The molecule has 5 aromatic rings. The van der Waals surface area contributed by atoms with Gasteiger partial charge in [-0.2, -0.15) is 0 Å². The summed E-state index contributed by atoms with van der Waals surface area (Å²) in [6.45, 7) is 4.61. The molecule has 46 heavy (non-hydrogen) atoms. The van der Waals surface area contributed by atoms with Crippen molar-refractivity contribution in [3.05, 3.63) is 156 Å². The molecule has 0 amide bonds. The minimum atomic E-state index is -0.784. The van der Waals surface area contributed by atoms with E-state index in [1.807, 2.05) is 85.8 Å². The van der Waals surface area contributed by atoms with Crippen molar-refractivity contribution in [3.8, 4) is 11.5 Å². The van der Waals surface area contributed by atoms with Gasteiger partial charge in [0.15, 0.2) is 4.80 Å². The van der Waals surface area contributed by atoms with Gasteiger partial charge in [-0.3, -0.25) is 9.36 Å². The number of thiazole rings is 1. The number of aromatic nitrogens is 1. The van der Waals surface area contributed by atoms with Crippen LogP contribution in [0.25, 0.3) is 11.8 Å². The van der Waals surface area contributed by atoms with Gasteiger partial charge in [-0.25, -0.2) is 14.2 Å². The molecule has 0 bridgehead atoms. The molecule has 1 aliphatic rings. The van der Waals surface area contributed by atoms with Crippen LogP contribution < -0.4 is 24.4 Å². The van der Waals surface area contributed by atoms with E-state index in [1.165, 1.54) is 23.5 Å². The molecule has 232 valence electrons. The topological polar surface area (TPSA) is 79.1 Å². The number of hydrogen-bond acceptors (Lipinski definition) is 7. The molecule has 4 aromatic carbocycles. The first-order valence-electron chi connectivity index (χ1n) is 14.9. The average Bonchev–Trinajstić information content (AvgIpc) is 3.39. The molecule has 1 atom stereocenters. The monoisotopic (exact) mass is 634 g/mol. The van der Waals surface area contributed by atoms with Gasteiger partial charge >= 0.3 is 5.97 Å².